The van der Waals surface area contributed by atoms with Crippen LogP contribution in [0, 0.1) is 6.92 Å². The summed E-state index contributed by atoms with van der Waals surface area (Å²) < 4.78 is 0. The average Bonchev–Trinajstić information content (AvgIpc) is 2.46. The maximum Gasteiger partial charge on any atom is 0.365 e. The van der Waals surface area contributed by atoms with Gasteiger partial charge in [0.2, 0.25) is 0 Å². The van der Waals surface area contributed by atoms with Crippen LogP contribution in [0.2, 0.25) is 0 Å². The third-order valence-corrected chi connectivity index (χ3v) is 2.49. The zero-order valence-electron chi connectivity index (χ0n) is 10.4. The van der Waals surface area contributed by atoms with Crippen LogP contribution < -0.4 is 5.73 Å². The van der Waals surface area contributed by atoms with Crippen molar-refractivity contribution in [3.63, 3.8) is 0 Å². The number of rotatable bonds is 3. The fourth-order valence-electron chi connectivity index (χ4n) is 1.41. The molecule has 0 bridgehead atoms. The minimum Gasteiger partial charge on any atom is -0.380 e. The molecule has 2 N–H and O–H groups in total. The molecule has 5 nitrogen and oxygen atoms in total. The molecule has 0 atom stereocenters. The van der Waals surface area contributed by atoms with Gasteiger partial charge in [-0.05, 0) is 31.2 Å². The molecule has 2 rings (SSSR count). The molecule has 0 aliphatic rings. The highest BCUT2D eigenvalue weighted by atomic mass is 16.7. The molecule has 1 aromatic heterocycles. The molecule has 0 saturated heterocycles. The van der Waals surface area contributed by atoms with Gasteiger partial charge in [-0.15, -0.1) is 0 Å². The van der Waals surface area contributed by atoms with Crippen LogP contribution >= 0.6 is 0 Å². The molecule has 0 unspecified atom stereocenters. The van der Waals surface area contributed by atoms with E-state index in [4.69, 9.17) is 10.6 Å². The predicted molar refractivity (Wildman–Crippen MR) is 71.6 cm³/mol. The molecule has 19 heavy (non-hydrogen) atoms. The normalized spacial score (nSPS) is 11.1. The predicted octanol–water partition coefficient (Wildman–Crippen LogP) is 1.87. The molecule has 1 aromatic carbocycles. The summed E-state index contributed by atoms with van der Waals surface area (Å²) in [6.45, 7) is 1.94. The summed E-state index contributed by atoms with van der Waals surface area (Å²) in [5.41, 5.74) is 7.83. The van der Waals surface area contributed by atoms with E-state index in [2.05, 4.69) is 10.1 Å². The highest BCUT2D eigenvalue weighted by molar-refractivity contribution is 5.98. The van der Waals surface area contributed by atoms with Crippen LogP contribution in [0.1, 0.15) is 21.5 Å². The van der Waals surface area contributed by atoms with Crippen molar-refractivity contribution in [2.24, 2.45) is 10.9 Å². The highest BCUT2D eigenvalue weighted by Crippen LogP contribution is 2.05. The largest absolute Gasteiger partial charge is 0.380 e. The fourth-order valence-corrected chi connectivity index (χ4v) is 1.41. The number of carbonyl (C=O) groups is 1. The number of amidine groups is 1. The van der Waals surface area contributed by atoms with Crippen LogP contribution in [-0.4, -0.2) is 16.8 Å². The van der Waals surface area contributed by atoms with Gasteiger partial charge in [0, 0.05) is 18.0 Å². The van der Waals surface area contributed by atoms with E-state index in [0.717, 1.165) is 5.56 Å². The molecule has 5 heteroatoms. The molecular weight excluding hydrogens is 242 g/mol. The fraction of sp³-hybridized carbons (Fsp3) is 0.0714. The summed E-state index contributed by atoms with van der Waals surface area (Å²) >= 11 is 0. The molecule has 0 radical (unpaired) electrons. The van der Waals surface area contributed by atoms with Gasteiger partial charge >= 0.3 is 5.97 Å². The zero-order chi connectivity index (χ0) is 13.7. The van der Waals surface area contributed by atoms with Gasteiger partial charge < -0.3 is 10.6 Å². The number of benzene rings is 1. The Morgan fingerprint density at radius 3 is 2.37 bits per heavy atom. The second-order valence-corrected chi connectivity index (χ2v) is 3.96. The van der Waals surface area contributed by atoms with Crippen LogP contribution in [0.3, 0.4) is 0 Å². The van der Waals surface area contributed by atoms with E-state index in [1.54, 1.807) is 36.7 Å². The Hall–Kier alpha value is -2.69. The van der Waals surface area contributed by atoms with Gasteiger partial charge in [0.1, 0.15) is 0 Å². The van der Waals surface area contributed by atoms with Crippen LogP contribution in [0.25, 0.3) is 0 Å². The van der Waals surface area contributed by atoms with Gasteiger partial charge in [-0.3, -0.25) is 4.98 Å². The molecular formula is C14H13N3O2. The van der Waals surface area contributed by atoms with Crippen molar-refractivity contribution < 1.29 is 9.63 Å². The van der Waals surface area contributed by atoms with Crippen LogP contribution in [-0.2, 0) is 4.84 Å². The van der Waals surface area contributed by atoms with Crippen molar-refractivity contribution in [1.29, 1.82) is 0 Å². The second-order valence-electron chi connectivity index (χ2n) is 3.96. The SMILES string of the molecule is Cc1ccc(C(=O)O/N=C(\N)c2ccncc2)cc1. The lowest BCUT2D eigenvalue weighted by Gasteiger charge is -2.01. The van der Waals surface area contributed by atoms with Gasteiger partial charge in [-0.2, -0.15) is 0 Å². The molecule has 0 aliphatic carbocycles. The monoisotopic (exact) mass is 255 g/mol. The van der Waals surface area contributed by atoms with Gasteiger partial charge in [-0.25, -0.2) is 4.79 Å². The average molecular weight is 255 g/mol. The topological polar surface area (TPSA) is 77.6 Å². The van der Waals surface area contributed by atoms with E-state index in [-0.39, 0.29) is 5.84 Å². The van der Waals surface area contributed by atoms with E-state index < -0.39 is 5.97 Å². The summed E-state index contributed by atoms with van der Waals surface area (Å²) in [6.07, 6.45) is 3.17. The summed E-state index contributed by atoms with van der Waals surface area (Å²) in [7, 11) is 0. The molecule has 0 spiro atoms. The van der Waals surface area contributed by atoms with Crippen LogP contribution in [0.15, 0.2) is 53.9 Å². The quantitative estimate of drug-likeness (QED) is 0.393. The number of oxime groups is 1. The number of nitrogens with zero attached hydrogens (tertiary/aromatic N) is 2. The van der Waals surface area contributed by atoms with Crippen LogP contribution in [0.5, 0.6) is 0 Å². The van der Waals surface area contributed by atoms with Crippen molar-refractivity contribution in [3.8, 4) is 0 Å². The van der Waals surface area contributed by atoms with E-state index in [0.29, 0.717) is 11.1 Å². The van der Waals surface area contributed by atoms with E-state index in [1.807, 2.05) is 19.1 Å². The van der Waals surface area contributed by atoms with Gasteiger partial charge in [0.15, 0.2) is 5.84 Å². The van der Waals surface area contributed by atoms with Crippen molar-refractivity contribution >= 4 is 11.8 Å². The number of pyridine rings is 1. The molecule has 1 heterocycles. The zero-order valence-corrected chi connectivity index (χ0v) is 10.4. The van der Waals surface area contributed by atoms with Gasteiger partial charge in [0.05, 0.1) is 5.56 Å². The summed E-state index contributed by atoms with van der Waals surface area (Å²) in [4.78, 5) is 20.3. The first kappa shape index (κ1) is 12.8. The summed E-state index contributed by atoms with van der Waals surface area (Å²) in [6, 6.07) is 10.4. The number of hydrogen-bond acceptors (Lipinski definition) is 4. The maximum absolute atomic E-state index is 11.7. The van der Waals surface area contributed by atoms with Crippen molar-refractivity contribution in [2.75, 3.05) is 0 Å². The lowest BCUT2D eigenvalue weighted by atomic mass is 10.2. The summed E-state index contributed by atoms with van der Waals surface area (Å²) in [5.74, 6) is -0.417. The Morgan fingerprint density at radius 1 is 1.11 bits per heavy atom. The second kappa shape index (κ2) is 5.77. The highest BCUT2D eigenvalue weighted by Gasteiger charge is 2.07. The van der Waals surface area contributed by atoms with Gasteiger partial charge in [0.25, 0.3) is 0 Å². The third-order valence-electron chi connectivity index (χ3n) is 2.49. The van der Waals surface area contributed by atoms with Crippen LogP contribution in [0.4, 0.5) is 0 Å². The van der Waals surface area contributed by atoms with Crippen molar-refractivity contribution in [1.82, 2.24) is 4.98 Å². The Morgan fingerprint density at radius 2 is 1.74 bits per heavy atom. The first-order chi connectivity index (χ1) is 9.16. The van der Waals surface area contributed by atoms with Crippen molar-refractivity contribution in [3.05, 3.63) is 65.5 Å². The number of hydrogen-bond donors (Lipinski definition) is 1. The molecule has 0 fully saturated rings. The summed E-state index contributed by atoms with van der Waals surface area (Å²) in [5, 5.41) is 3.61. The first-order valence-electron chi connectivity index (χ1n) is 5.68. The van der Waals surface area contributed by atoms with Gasteiger partial charge in [-0.1, -0.05) is 22.9 Å². The van der Waals surface area contributed by atoms with E-state index in [1.165, 1.54) is 0 Å². The Balaban J connectivity index is 2.06. The van der Waals surface area contributed by atoms with E-state index in [9.17, 15) is 4.79 Å². The minimum atomic E-state index is -0.544. The molecule has 96 valence electrons. The van der Waals surface area contributed by atoms with E-state index >= 15 is 0 Å². The maximum atomic E-state index is 11.7. The number of nitrogens with two attached hydrogens (primary N) is 1. The standard InChI is InChI=1S/C14H13N3O2/c1-10-2-4-12(5-3-10)14(18)19-17-13(15)11-6-8-16-9-7-11/h2-9H,1H3,(H2,15,17). The lowest BCUT2D eigenvalue weighted by Crippen LogP contribution is -2.15. The minimum absolute atomic E-state index is 0.128. The lowest BCUT2D eigenvalue weighted by molar-refractivity contribution is 0.0516. The molecule has 0 aliphatic heterocycles. The smallest absolute Gasteiger partial charge is 0.365 e. The Bertz CT molecular complexity index is 592. The third kappa shape index (κ3) is 3.38. The number of aryl methyl sites for hydroxylation is 1. The number of aromatic nitrogens is 1. The Kier molecular flexibility index (Phi) is 3.87. The molecule has 2 aromatic rings. The van der Waals surface area contributed by atoms with Crippen molar-refractivity contribution in [2.45, 2.75) is 6.92 Å². The molecule has 0 saturated carbocycles. The molecule has 0 amide bonds. The Labute approximate surface area is 110 Å². The number of carbonyl (C=O) groups excluding carboxylic acids is 1. The first-order valence-corrected chi connectivity index (χ1v) is 5.68.